The monoisotopic (exact) mass is 235 g/mol. The summed E-state index contributed by atoms with van der Waals surface area (Å²) in [6.45, 7) is 20.2. The Balaban J connectivity index is 4.23. The summed E-state index contributed by atoms with van der Waals surface area (Å²) in [6, 6.07) is 0. The van der Waals surface area contributed by atoms with Crippen molar-refractivity contribution in [1.29, 1.82) is 0 Å². The molecule has 0 aliphatic carbocycles. The Labute approximate surface area is 110 Å². The average molecular weight is 235 g/mol. The van der Waals surface area contributed by atoms with E-state index in [1.165, 1.54) is 0 Å². The second kappa shape index (κ2) is 5.54. The molecule has 0 atom stereocenters. The van der Waals surface area contributed by atoms with Gasteiger partial charge in [-0.3, -0.25) is 0 Å². The molecule has 0 bridgehead atoms. The highest BCUT2D eigenvalue weighted by molar-refractivity contribution is 6.54. The molecule has 0 aromatic rings. The summed E-state index contributed by atoms with van der Waals surface area (Å²) in [6.07, 6.45) is 1.82. The van der Waals surface area contributed by atoms with Crippen molar-refractivity contribution in [1.82, 2.24) is 0 Å². The predicted molar refractivity (Wildman–Crippen MR) is 80.8 cm³/mol. The van der Waals surface area contributed by atoms with Crippen molar-refractivity contribution in [3.05, 3.63) is 12.2 Å². The van der Waals surface area contributed by atoms with E-state index in [-0.39, 0.29) is 23.0 Å². The van der Waals surface area contributed by atoms with Gasteiger partial charge in [-0.1, -0.05) is 66.7 Å². The van der Waals surface area contributed by atoms with Gasteiger partial charge >= 0.3 is 6.92 Å². The molecule has 0 aliphatic rings. The molecule has 3 heteroatoms. The van der Waals surface area contributed by atoms with Gasteiger partial charge in [0.05, 0.1) is 0 Å². The average Bonchev–Trinajstić information content (AvgIpc) is 2.08. The van der Waals surface area contributed by atoms with Crippen molar-refractivity contribution >= 4 is 14.2 Å². The highest BCUT2D eigenvalue weighted by atomic mass is 16.4. The van der Waals surface area contributed by atoms with Gasteiger partial charge in [0.2, 0.25) is 0 Å². The van der Waals surface area contributed by atoms with Crippen LogP contribution in [-0.2, 0) is 4.65 Å². The van der Waals surface area contributed by atoms with Gasteiger partial charge in [0.1, 0.15) is 0 Å². The fourth-order valence-corrected chi connectivity index (χ4v) is 0.897. The maximum absolute atomic E-state index is 5.70. The fraction of sp³-hybridized carbons (Fsp3) is 0.857. The molecule has 0 unspecified atom stereocenters. The van der Waals surface area contributed by atoms with Crippen molar-refractivity contribution in [3.8, 4) is 0 Å². The summed E-state index contributed by atoms with van der Waals surface area (Å²) in [5, 5.41) is 0.349. The van der Waals surface area contributed by atoms with Crippen molar-refractivity contribution in [2.75, 3.05) is 0 Å². The van der Waals surface area contributed by atoms with Crippen LogP contribution in [-0.4, -0.2) is 14.2 Å². The van der Waals surface area contributed by atoms with E-state index in [1.807, 2.05) is 12.2 Å². The Morgan fingerprint density at radius 2 is 1.41 bits per heavy atom. The van der Waals surface area contributed by atoms with Crippen molar-refractivity contribution in [2.24, 2.45) is 5.41 Å². The van der Waals surface area contributed by atoms with Gasteiger partial charge in [-0.2, -0.15) is 0 Å². The quantitative estimate of drug-likeness (QED) is 0.500. The lowest BCUT2D eigenvalue weighted by atomic mass is 9.45. The Morgan fingerprint density at radius 1 is 0.941 bits per heavy atom. The molecule has 1 radical (unpaired) electrons. The van der Waals surface area contributed by atoms with Crippen LogP contribution in [0, 0.1) is 5.41 Å². The third kappa shape index (κ3) is 5.70. The molecule has 0 spiro atoms. The van der Waals surface area contributed by atoms with Crippen LogP contribution >= 0.6 is 0 Å². The number of rotatable bonds is 4. The summed E-state index contributed by atoms with van der Waals surface area (Å²) in [5.41, 5.74) is 0.257. The van der Waals surface area contributed by atoms with Crippen molar-refractivity contribution in [3.63, 3.8) is 0 Å². The standard InChI is InChI=1S/C14H29B2O/c1-12(2,3)14(7,8)15-10-11-17-16(9)13(4,5)6/h10-11H,1-9H3. The highest BCUT2D eigenvalue weighted by Gasteiger charge is 2.32. The van der Waals surface area contributed by atoms with Gasteiger partial charge < -0.3 is 4.65 Å². The molecule has 0 N–H and O–H groups in total. The van der Waals surface area contributed by atoms with E-state index < -0.39 is 0 Å². The lowest BCUT2D eigenvalue weighted by molar-refractivity contribution is 0.300. The summed E-state index contributed by atoms with van der Waals surface area (Å²) in [5.74, 6) is 2.04. The van der Waals surface area contributed by atoms with E-state index in [0.29, 0.717) is 0 Å². The molecular formula is C14H29B2O. The first kappa shape index (κ1) is 16.7. The van der Waals surface area contributed by atoms with E-state index in [9.17, 15) is 0 Å². The Morgan fingerprint density at radius 3 is 1.76 bits per heavy atom. The van der Waals surface area contributed by atoms with E-state index in [1.54, 1.807) is 0 Å². The molecule has 0 aliphatic heterocycles. The third-order valence-electron chi connectivity index (χ3n) is 4.03. The van der Waals surface area contributed by atoms with E-state index in [2.05, 4.69) is 69.5 Å². The smallest absolute Gasteiger partial charge is 0.359 e. The zero-order chi connectivity index (χ0) is 13.9. The van der Waals surface area contributed by atoms with Crippen LogP contribution in [0.2, 0.25) is 17.5 Å². The molecule has 0 rings (SSSR count). The lowest BCUT2D eigenvalue weighted by Gasteiger charge is -2.37. The molecule has 1 nitrogen and oxygen atoms in total. The van der Waals surface area contributed by atoms with Gasteiger partial charge in [-0.15, -0.1) is 0 Å². The summed E-state index contributed by atoms with van der Waals surface area (Å²) < 4.78 is 5.70. The molecule has 0 amide bonds. The van der Waals surface area contributed by atoms with Crippen LogP contribution in [0.1, 0.15) is 55.4 Å². The maximum Gasteiger partial charge on any atom is 0.359 e. The maximum atomic E-state index is 5.70. The Bertz CT molecular complexity index is 256. The van der Waals surface area contributed by atoms with E-state index in [4.69, 9.17) is 4.65 Å². The number of hydrogen-bond acceptors (Lipinski definition) is 1. The van der Waals surface area contributed by atoms with Gasteiger partial charge in [0.25, 0.3) is 0 Å². The second-order valence-corrected chi connectivity index (χ2v) is 7.61. The molecule has 0 heterocycles. The summed E-state index contributed by atoms with van der Waals surface area (Å²) >= 11 is 0. The van der Waals surface area contributed by atoms with Crippen LogP contribution in [0.25, 0.3) is 0 Å². The zero-order valence-corrected chi connectivity index (χ0v) is 13.2. The second-order valence-electron chi connectivity index (χ2n) is 7.61. The first-order valence-corrected chi connectivity index (χ1v) is 6.54. The van der Waals surface area contributed by atoms with Crippen LogP contribution in [0.15, 0.2) is 12.2 Å². The minimum Gasteiger partial charge on any atom is -0.566 e. The molecule has 97 valence electrons. The minimum absolute atomic E-state index is 0.165. The third-order valence-corrected chi connectivity index (χ3v) is 4.03. The lowest BCUT2D eigenvalue weighted by Crippen LogP contribution is -2.28. The first-order chi connectivity index (χ1) is 7.38. The molecule has 0 aromatic carbocycles. The molecule has 17 heavy (non-hydrogen) atoms. The topological polar surface area (TPSA) is 9.23 Å². The fourth-order valence-electron chi connectivity index (χ4n) is 0.897. The number of hydrogen-bond donors (Lipinski definition) is 0. The van der Waals surface area contributed by atoms with E-state index >= 15 is 0 Å². The normalized spacial score (nSPS) is 13.9. The zero-order valence-electron chi connectivity index (χ0n) is 13.2. The highest BCUT2D eigenvalue weighted by Crippen LogP contribution is 2.43. The largest absolute Gasteiger partial charge is 0.566 e. The van der Waals surface area contributed by atoms with Crippen LogP contribution < -0.4 is 0 Å². The molecule has 0 saturated carbocycles. The van der Waals surface area contributed by atoms with Crippen LogP contribution in [0.3, 0.4) is 0 Å². The van der Waals surface area contributed by atoms with Gasteiger partial charge in [0, 0.05) is 6.26 Å². The van der Waals surface area contributed by atoms with Gasteiger partial charge in [-0.05, 0) is 17.6 Å². The molecule has 0 fully saturated rings. The summed E-state index contributed by atoms with van der Waals surface area (Å²) in [7, 11) is 2.22. The van der Waals surface area contributed by atoms with Crippen molar-refractivity contribution in [2.45, 2.75) is 72.8 Å². The molecular weight excluding hydrogens is 206 g/mol. The predicted octanol–water partition coefficient (Wildman–Crippen LogP) is 4.84. The first-order valence-electron chi connectivity index (χ1n) is 6.54. The molecule has 0 saturated heterocycles. The van der Waals surface area contributed by atoms with Gasteiger partial charge in [0.15, 0.2) is 7.28 Å². The van der Waals surface area contributed by atoms with E-state index in [0.717, 1.165) is 0 Å². The van der Waals surface area contributed by atoms with Gasteiger partial charge in [-0.25, -0.2) is 0 Å². The Hall–Kier alpha value is -0.330. The SMILES string of the molecule is CB(OC=C[B]C(C)(C)C(C)(C)C)C(C)(C)C. The van der Waals surface area contributed by atoms with Crippen LogP contribution in [0.5, 0.6) is 0 Å². The minimum atomic E-state index is 0.165. The Kier molecular flexibility index (Phi) is 5.43. The summed E-state index contributed by atoms with van der Waals surface area (Å²) in [4.78, 5) is 0. The molecule has 0 aromatic heterocycles. The van der Waals surface area contributed by atoms with Crippen molar-refractivity contribution < 1.29 is 4.65 Å². The van der Waals surface area contributed by atoms with Crippen LogP contribution in [0.4, 0.5) is 0 Å².